The number of nitrogens with zero attached hydrogens (tertiary/aromatic N) is 2. The second-order valence-electron chi connectivity index (χ2n) is 5.94. The fraction of sp³-hybridized carbons (Fsp3) is 0.706. The molecule has 0 saturated carbocycles. The van der Waals surface area contributed by atoms with Crippen LogP contribution in [0.5, 0.6) is 0 Å². The van der Waals surface area contributed by atoms with Gasteiger partial charge in [-0.1, -0.05) is 26.7 Å². The van der Waals surface area contributed by atoms with Gasteiger partial charge in [0.25, 0.3) is 0 Å². The molecule has 1 unspecified atom stereocenters. The Labute approximate surface area is 123 Å². The number of rotatable bonds is 6. The Morgan fingerprint density at radius 3 is 2.60 bits per heavy atom. The van der Waals surface area contributed by atoms with Crippen LogP contribution >= 0.6 is 0 Å². The van der Waals surface area contributed by atoms with Crippen LogP contribution in [0.2, 0.25) is 0 Å². The van der Waals surface area contributed by atoms with E-state index in [9.17, 15) is 0 Å². The average molecular weight is 275 g/mol. The molecular formula is C17H29N3. The Morgan fingerprint density at radius 1 is 1.30 bits per heavy atom. The highest BCUT2D eigenvalue weighted by Crippen LogP contribution is 2.26. The van der Waals surface area contributed by atoms with Crippen molar-refractivity contribution in [2.75, 3.05) is 24.5 Å². The molecule has 1 aliphatic rings. The molecule has 2 rings (SSSR count). The van der Waals surface area contributed by atoms with Gasteiger partial charge in [-0.3, -0.25) is 4.98 Å². The summed E-state index contributed by atoms with van der Waals surface area (Å²) in [6.07, 6.45) is 7.44. The third-order valence-electron chi connectivity index (χ3n) is 4.40. The van der Waals surface area contributed by atoms with Crippen molar-refractivity contribution in [2.45, 2.75) is 52.5 Å². The lowest BCUT2D eigenvalue weighted by atomic mass is 9.92. The molecule has 0 spiro atoms. The predicted molar refractivity (Wildman–Crippen MR) is 86.2 cm³/mol. The molecule has 1 aromatic heterocycles. The highest BCUT2D eigenvalue weighted by Gasteiger charge is 2.19. The molecular weight excluding hydrogens is 246 g/mol. The minimum atomic E-state index is 0.337. The summed E-state index contributed by atoms with van der Waals surface area (Å²) in [6.45, 7) is 9.95. The van der Waals surface area contributed by atoms with Crippen LogP contribution in [0.25, 0.3) is 0 Å². The van der Waals surface area contributed by atoms with Crippen LogP contribution < -0.4 is 10.2 Å². The highest BCUT2D eigenvalue weighted by molar-refractivity contribution is 5.45. The van der Waals surface area contributed by atoms with Gasteiger partial charge >= 0.3 is 0 Å². The molecule has 3 heteroatoms. The van der Waals surface area contributed by atoms with Crippen molar-refractivity contribution in [3.63, 3.8) is 0 Å². The van der Waals surface area contributed by atoms with Crippen LogP contribution in [0.3, 0.4) is 0 Å². The van der Waals surface area contributed by atoms with Crippen molar-refractivity contribution in [1.29, 1.82) is 0 Å². The topological polar surface area (TPSA) is 28.2 Å². The van der Waals surface area contributed by atoms with Crippen LogP contribution in [-0.2, 0) is 0 Å². The van der Waals surface area contributed by atoms with Gasteiger partial charge < -0.3 is 10.2 Å². The smallest absolute Gasteiger partial charge is 0.0572 e. The molecule has 0 aromatic carbocycles. The van der Waals surface area contributed by atoms with Crippen molar-refractivity contribution >= 4 is 5.69 Å². The minimum Gasteiger partial charge on any atom is -0.370 e. The fourth-order valence-electron chi connectivity index (χ4n) is 3.14. The lowest BCUT2D eigenvalue weighted by molar-refractivity contribution is 0.378. The van der Waals surface area contributed by atoms with Gasteiger partial charge in [0.15, 0.2) is 0 Å². The van der Waals surface area contributed by atoms with E-state index in [1.54, 1.807) is 0 Å². The van der Waals surface area contributed by atoms with Gasteiger partial charge in [0, 0.05) is 19.1 Å². The van der Waals surface area contributed by atoms with E-state index in [1.165, 1.54) is 44.5 Å². The van der Waals surface area contributed by atoms with Crippen LogP contribution in [0.1, 0.15) is 58.2 Å². The molecule has 1 N–H and O–H groups in total. The monoisotopic (exact) mass is 275 g/mol. The van der Waals surface area contributed by atoms with Gasteiger partial charge in [0.2, 0.25) is 0 Å². The summed E-state index contributed by atoms with van der Waals surface area (Å²) >= 11 is 0. The molecule has 1 aromatic rings. The van der Waals surface area contributed by atoms with Crippen molar-refractivity contribution in [3.05, 3.63) is 24.0 Å². The lowest BCUT2D eigenvalue weighted by Gasteiger charge is -2.33. The first kappa shape index (κ1) is 15.3. The molecule has 1 aliphatic heterocycles. The van der Waals surface area contributed by atoms with E-state index in [0.717, 1.165) is 18.2 Å². The van der Waals surface area contributed by atoms with E-state index in [2.05, 4.69) is 48.1 Å². The fourth-order valence-corrected chi connectivity index (χ4v) is 3.14. The van der Waals surface area contributed by atoms with Crippen molar-refractivity contribution in [1.82, 2.24) is 10.3 Å². The SMILES string of the molecule is CCCC1CCN(c2ccc(C(C)NCC)nc2)CC1. The lowest BCUT2D eigenvalue weighted by Crippen LogP contribution is -2.33. The summed E-state index contributed by atoms with van der Waals surface area (Å²) in [5.41, 5.74) is 2.42. The molecule has 0 amide bonds. The molecule has 0 aliphatic carbocycles. The Morgan fingerprint density at radius 2 is 2.05 bits per heavy atom. The maximum Gasteiger partial charge on any atom is 0.0572 e. The summed E-state index contributed by atoms with van der Waals surface area (Å²) in [4.78, 5) is 7.11. The van der Waals surface area contributed by atoms with Crippen LogP contribution in [0.15, 0.2) is 18.3 Å². The van der Waals surface area contributed by atoms with Crippen molar-refractivity contribution in [3.8, 4) is 0 Å². The standard InChI is InChI=1S/C17H29N3/c1-4-6-15-9-11-20(12-10-15)16-7-8-17(19-13-16)14(3)18-5-2/h7-8,13-15,18H,4-6,9-12H2,1-3H3. The number of pyridine rings is 1. The summed E-state index contributed by atoms with van der Waals surface area (Å²) in [7, 11) is 0. The number of aromatic nitrogens is 1. The Bertz CT molecular complexity index is 380. The van der Waals surface area contributed by atoms with E-state index in [-0.39, 0.29) is 0 Å². The number of hydrogen-bond donors (Lipinski definition) is 1. The zero-order chi connectivity index (χ0) is 14.4. The first-order valence-electron chi connectivity index (χ1n) is 8.18. The zero-order valence-corrected chi connectivity index (χ0v) is 13.2. The van der Waals surface area contributed by atoms with E-state index in [0.29, 0.717) is 6.04 Å². The summed E-state index contributed by atoms with van der Waals surface area (Å²) < 4.78 is 0. The Hall–Kier alpha value is -1.09. The molecule has 20 heavy (non-hydrogen) atoms. The third-order valence-corrected chi connectivity index (χ3v) is 4.40. The minimum absolute atomic E-state index is 0.337. The highest BCUT2D eigenvalue weighted by atomic mass is 15.1. The largest absolute Gasteiger partial charge is 0.370 e. The first-order chi connectivity index (χ1) is 9.74. The van der Waals surface area contributed by atoms with Gasteiger partial charge in [-0.15, -0.1) is 0 Å². The van der Waals surface area contributed by atoms with Gasteiger partial charge in [-0.25, -0.2) is 0 Å². The van der Waals surface area contributed by atoms with E-state index < -0.39 is 0 Å². The molecule has 2 heterocycles. The molecule has 3 nitrogen and oxygen atoms in total. The second-order valence-corrected chi connectivity index (χ2v) is 5.94. The van der Waals surface area contributed by atoms with Crippen LogP contribution in [-0.4, -0.2) is 24.6 Å². The number of hydrogen-bond acceptors (Lipinski definition) is 3. The Kier molecular flexibility index (Phi) is 5.84. The summed E-state index contributed by atoms with van der Waals surface area (Å²) in [6, 6.07) is 4.74. The molecule has 112 valence electrons. The maximum absolute atomic E-state index is 4.62. The van der Waals surface area contributed by atoms with Crippen LogP contribution in [0.4, 0.5) is 5.69 Å². The molecule has 0 radical (unpaired) electrons. The quantitative estimate of drug-likeness (QED) is 0.856. The van der Waals surface area contributed by atoms with E-state index in [1.807, 2.05) is 6.20 Å². The molecule has 0 bridgehead atoms. The maximum atomic E-state index is 4.62. The number of piperidine rings is 1. The normalized spacial score (nSPS) is 18.2. The van der Waals surface area contributed by atoms with Gasteiger partial charge in [-0.05, 0) is 44.4 Å². The predicted octanol–water partition coefficient (Wildman–Crippen LogP) is 3.77. The van der Waals surface area contributed by atoms with Crippen molar-refractivity contribution in [2.24, 2.45) is 5.92 Å². The third kappa shape index (κ3) is 3.95. The van der Waals surface area contributed by atoms with Gasteiger partial charge in [-0.2, -0.15) is 0 Å². The zero-order valence-electron chi connectivity index (χ0n) is 13.2. The number of anilines is 1. The average Bonchev–Trinajstić information content (AvgIpc) is 2.49. The summed E-state index contributed by atoms with van der Waals surface area (Å²) in [5, 5.41) is 3.40. The van der Waals surface area contributed by atoms with E-state index in [4.69, 9.17) is 0 Å². The molecule has 1 fully saturated rings. The van der Waals surface area contributed by atoms with E-state index >= 15 is 0 Å². The van der Waals surface area contributed by atoms with Gasteiger partial charge in [0.1, 0.15) is 0 Å². The van der Waals surface area contributed by atoms with Crippen LogP contribution in [0, 0.1) is 5.92 Å². The Balaban J connectivity index is 1.91. The second kappa shape index (κ2) is 7.63. The van der Waals surface area contributed by atoms with Gasteiger partial charge in [0.05, 0.1) is 17.6 Å². The summed E-state index contributed by atoms with van der Waals surface area (Å²) in [5.74, 6) is 0.942. The molecule has 1 saturated heterocycles. The number of nitrogens with one attached hydrogen (secondary N) is 1. The van der Waals surface area contributed by atoms with Crippen molar-refractivity contribution < 1.29 is 0 Å². The first-order valence-corrected chi connectivity index (χ1v) is 8.18. The molecule has 1 atom stereocenters.